The topological polar surface area (TPSA) is 21.3 Å². The van der Waals surface area contributed by atoms with Crippen molar-refractivity contribution in [1.29, 1.82) is 0 Å². The van der Waals surface area contributed by atoms with Crippen LogP contribution >= 0.6 is 23.4 Å². The summed E-state index contributed by atoms with van der Waals surface area (Å²) in [4.78, 5) is 2.41. The predicted molar refractivity (Wildman–Crippen MR) is 50.6 cm³/mol. The van der Waals surface area contributed by atoms with E-state index >= 15 is 0 Å². The summed E-state index contributed by atoms with van der Waals surface area (Å²) in [7, 11) is 1.59. The minimum atomic E-state index is -0.428. The fraction of sp³-hybridized carbons (Fsp3) is 0.250. The fourth-order valence-corrected chi connectivity index (χ4v) is 1.23. The molecule has 2 nitrogen and oxygen atoms in total. The molecule has 0 heterocycles. The number of hydrogen-bond acceptors (Lipinski definition) is 2. The zero-order valence-corrected chi connectivity index (χ0v) is 8.06. The van der Waals surface area contributed by atoms with E-state index in [0.717, 1.165) is 11.3 Å². The van der Waals surface area contributed by atoms with Crippen LogP contribution in [0.4, 0.5) is 0 Å². The van der Waals surface area contributed by atoms with E-state index in [0.29, 0.717) is 0 Å². The molecule has 66 valence electrons. The molecular weight excluding hydrogens is 197 g/mol. The van der Waals surface area contributed by atoms with E-state index in [1.165, 1.54) is 0 Å². The molecule has 0 bridgehead atoms. The van der Waals surface area contributed by atoms with Crippen LogP contribution in [0.5, 0.6) is 5.75 Å². The highest BCUT2D eigenvalue weighted by atomic mass is 35.5. The van der Waals surface area contributed by atoms with Gasteiger partial charge in [-0.2, -0.15) is 0 Å². The Labute approximate surface area is 81.5 Å². The second kappa shape index (κ2) is 4.55. The standard InChI is InChI=1S/C8H9Cl2NO/c1-12-7-5-3-2-4-6(7)8(9)11-10/h2-5,8,11H,1H3. The van der Waals surface area contributed by atoms with E-state index in [2.05, 4.69) is 4.84 Å². The average Bonchev–Trinajstić information content (AvgIpc) is 2.16. The Bertz CT molecular complexity index is 255. The summed E-state index contributed by atoms with van der Waals surface area (Å²) in [6, 6.07) is 7.44. The number of para-hydroxylation sites is 1. The molecule has 0 aromatic heterocycles. The lowest BCUT2D eigenvalue weighted by Crippen LogP contribution is -2.05. The van der Waals surface area contributed by atoms with Gasteiger partial charge >= 0.3 is 0 Å². The van der Waals surface area contributed by atoms with Gasteiger partial charge in [0.1, 0.15) is 11.3 Å². The van der Waals surface area contributed by atoms with Gasteiger partial charge < -0.3 is 4.74 Å². The van der Waals surface area contributed by atoms with Crippen molar-refractivity contribution in [3.8, 4) is 5.75 Å². The number of alkyl halides is 1. The molecule has 0 spiro atoms. The first kappa shape index (κ1) is 9.65. The van der Waals surface area contributed by atoms with E-state index in [-0.39, 0.29) is 0 Å². The summed E-state index contributed by atoms with van der Waals surface area (Å²) in [6.07, 6.45) is 0. The van der Waals surface area contributed by atoms with Crippen LogP contribution in [0.1, 0.15) is 11.1 Å². The second-order valence-corrected chi connectivity index (χ2v) is 2.87. The van der Waals surface area contributed by atoms with Gasteiger partial charge in [0.15, 0.2) is 0 Å². The van der Waals surface area contributed by atoms with E-state index < -0.39 is 5.50 Å². The molecule has 1 atom stereocenters. The number of benzene rings is 1. The van der Waals surface area contributed by atoms with Crippen LogP contribution in [0, 0.1) is 0 Å². The Balaban J connectivity index is 2.96. The summed E-state index contributed by atoms with van der Waals surface area (Å²) in [6.45, 7) is 0. The van der Waals surface area contributed by atoms with Crippen LogP contribution in [-0.4, -0.2) is 7.11 Å². The van der Waals surface area contributed by atoms with Gasteiger partial charge in [0.05, 0.1) is 7.11 Å². The van der Waals surface area contributed by atoms with Crippen LogP contribution in [-0.2, 0) is 0 Å². The Hall–Kier alpha value is -0.440. The lowest BCUT2D eigenvalue weighted by molar-refractivity contribution is 0.408. The molecule has 0 aliphatic heterocycles. The molecule has 0 saturated heterocycles. The van der Waals surface area contributed by atoms with E-state index in [9.17, 15) is 0 Å². The molecule has 0 aliphatic rings. The smallest absolute Gasteiger partial charge is 0.125 e. The fourth-order valence-electron chi connectivity index (χ4n) is 0.935. The first-order chi connectivity index (χ1) is 5.79. The highest BCUT2D eigenvalue weighted by Gasteiger charge is 2.10. The zero-order chi connectivity index (χ0) is 8.97. The van der Waals surface area contributed by atoms with Crippen molar-refractivity contribution in [2.75, 3.05) is 7.11 Å². The third kappa shape index (κ3) is 2.03. The summed E-state index contributed by atoms with van der Waals surface area (Å²) in [5, 5.41) is 0. The molecule has 12 heavy (non-hydrogen) atoms. The van der Waals surface area contributed by atoms with Gasteiger partial charge in [-0.1, -0.05) is 29.8 Å². The molecule has 1 aromatic carbocycles. The number of ether oxygens (including phenoxy) is 1. The van der Waals surface area contributed by atoms with Crippen molar-refractivity contribution in [3.05, 3.63) is 29.8 Å². The van der Waals surface area contributed by atoms with Gasteiger partial charge in [-0.25, -0.2) is 4.84 Å². The van der Waals surface area contributed by atoms with Crippen molar-refractivity contribution in [3.63, 3.8) is 0 Å². The SMILES string of the molecule is COc1ccccc1C(Cl)NCl. The minimum absolute atomic E-state index is 0.428. The zero-order valence-electron chi connectivity index (χ0n) is 6.55. The van der Waals surface area contributed by atoms with Gasteiger partial charge in [0.25, 0.3) is 0 Å². The molecule has 1 rings (SSSR count). The highest BCUT2D eigenvalue weighted by molar-refractivity contribution is 6.25. The van der Waals surface area contributed by atoms with Gasteiger partial charge in [-0.3, -0.25) is 0 Å². The molecular formula is C8H9Cl2NO. The Kier molecular flexibility index (Phi) is 3.66. The van der Waals surface area contributed by atoms with Crippen LogP contribution in [0.15, 0.2) is 24.3 Å². The normalized spacial score (nSPS) is 12.6. The quantitative estimate of drug-likeness (QED) is 0.466. The number of halogens is 2. The monoisotopic (exact) mass is 205 g/mol. The summed E-state index contributed by atoms with van der Waals surface area (Å²) in [5.41, 5.74) is 0.402. The first-order valence-corrected chi connectivity index (χ1v) is 4.24. The average molecular weight is 206 g/mol. The summed E-state index contributed by atoms with van der Waals surface area (Å²) >= 11 is 11.2. The summed E-state index contributed by atoms with van der Waals surface area (Å²) in [5.74, 6) is 0.727. The van der Waals surface area contributed by atoms with Crippen molar-refractivity contribution in [1.82, 2.24) is 4.84 Å². The van der Waals surface area contributed by atoms with E-state index in [1.807, 2.05) is 24.3 Å². The first-order valence-electron chi connectivity index (χ1n) is 3.42. The Morgan fingerprint density at radius 3 is 2.67 bits per heavy atom. The van der Waals surface area contributed by atoms with Crippen molar-refractivity contribution < 1.29 is 4.74 Å². The van der Waals surface area contributed by atoms with E-state index in [1.54, 1.807) is 7.11 Å². The van der Waals surface area contributed by atoms with Gasteiger partial charge in [0, 0.05) is 5.56 Å². The number of rotatable bonds is 3. The minimum Gasteiger partial charge on any atom is -0.496 e. The molecule has 1 unspecified atom stereocenters. The lowest BCUT2D eigenvalue weighted by Gasteiger charge is -2.10. The van der Waals surface area contributed by atoms with Crippen LogP contribution < -0.4 is 9.57 Å². The van der Waals surface area contributed by atoms with Crippen LogP contribution in [0.25, 0.3) is 0 Å². The summed E-state index contributed by atoms with van der Waals surface area (Å²) < 4.78 is 5.09. The molecule has 0 saturated carbocycles. The maximum absolute atomic E-state index is 5.85. The predicted octanol–water partition coefficient (Wildman–Crippen LogP) is 2.68. The third-order valence-corrected chi connectivity index (χ3v) is 2.18. The maximum Gasteiger partial charge on any atom is 0.125 e. The molecule has 0 aliphatic carbocycles. The number of hydrogen-bond donors (Lipinski definition) is 1. The van der Waals surface area contributed by atoms with Crippen LogP contribution in [0.2, 0.25) is 0 Å². The third-order valence-electron chi connectivity index (χ3n) is 1.51. The molecule has 1 N–H and O–H groups in total. The van der Waals surface area contributed by atoms with Crippen molar-refractivity contribution in [2.24, 2.45) is 0 Å². The van der Waals surface area contributed by atoms with Crippen molar-refractivity contribution >= 4 is 23.4 Å². The van der Waals surface area contributed by atoms with Crippen LogP contribution in [0.3, 0.4) is 0 Å². The van der Waals surface area contributed by atoms with Gasteiger partial charge in [-0.05, 0) is 17.8 Å². The number of nitrogens with one attached hydrogen (secondary N) is 1. The molecule has 0 fully saturated rings. The Morgan fingerprint density at radius 2 is 2.08 bits per heavy atom. The number of methoxy groups -OCH3 is 1. The maximum atomic E-state index is 5.85. The second-order valence-electron chi connectivity index (χ2n) is 2.21. The molecule has 4 heteroatoms. The molecule has 0 radical (unpaired) electrons. The van der Waals surface area contributed by atoms with E-state index in [4.69, 9.17) is 28.1 Å². The molecule has 0 amide bonds. The Morgan fingerprint density at radius 1 is 1.42 bits per heavy atom. The lowest BCUT2D eigenvalue weighted by atomic mass is 10.2. The largest absolute Gasteiger partial charge is 0.496 e. The van der Waals surface area contributed by atoms with Gasteiger partial charge in [-0.15, -0.1) is 0 Å². The molecule has 1 aromatic rings. The van der Waals surface area contributed by atoms with Gasteiger partial charge in [0.2, 0.25) is 0 Å². The highest BCUT2D eigenvalue weighted by Crippen LogP contribution is 2.27. The van der Waals surface area contributed by atoms with Crippen molar-refractivity contribution in [2.45, 2.75) is 5.50 Å².